The molecule has 17 rings (SSSR count). The lowest BCUT2D eigenvalue weighted by atomic mass is 9.87. The first-order valence-electron chi connectivity index (χ1n) is 52.6. The van der Waals surface area contributed by atoms with E-state index in [-0.39, 0.29) is 48.0 Å². The maximum atomic E-state index is 13.9. The van der Waals surface area contributed by atoms with Gasteiger partial charge in [0, 0.05) is 39.6 Å². The van der Waals surface area contributed by atoms with Crippen molar-refractivity contribution in [3.63, 3.8) is 0 Å². The highest BCUT2D eigenvalue weighted by Gasteiger charge is 2.55. The van der Waals surface area contributed by atoms with E-state index in [0.717, 1.165) is 109 Å². The molecule has 0 bridgehead atoms. The number of ether oxygens (including phenoxy) is 9. The molecule has 5 aliphatic rings. The van der Waals surface area contributed by atoms with E-state index in [4.69, 9.17) is 42.6 Å². The fraction of sp³-hybridized carbons (Fsp3) is 0.375. The maximum absolute atomic E-state index is 13.9. The van der Waals surface area contributed by atoms with Gasteiger partial charge in [-0.3, -0.25) is 19.2 Å². The zero-order chi connectivity index (χ0) is 106. The van der Waals surface area contributed by atoms with Gasteiger partial charge in [-0.15, -0.1) is 0 Å². The zero-order valence-corrected chi connectivity index (χ0v) is 88.4. The molecule has 0 spiro atoms. The maximum Gasteiger partial charge on any atom is 0.332 e. The minimum absolute atomic E-state index is 0.118. The third-order valence-corrected chi connectivity index (χ3v) is 26.0. The molecule has 0 aliphatic carbocycles. The van der Waals surface area contributed by atoms with E-state index in [1.54, 1.807) is 19.6 Å². The van der Waals surface area contributed by atoms with Crippen molar-refractivity contribution in [3.8, 4) is 0 Å². The van der Waals surface area contributed by atoms with Crippen molar-refractivity contribution in [3.05, 3.63) is 431 Å². The molecule has 5 aliphatic heterocycles. The van der Waals surface area contributed by atoms with Gasteiger partial charge >= 0.3 is 23.9 Å². The van der Waals surface area contributed by atoms with Crippen LogP contribution in [-0.4, -0.2) is 204 Å². The second-order valence-corrected chi connectivity index (χ2v) is 42.2. The monoisotopic (exact) mass is 2010 g/mol. The number of aryl methyl sites for hydroxylation is 4. The highest BCUT2D eigenvalue weighted by atomic mass is 16.6. The third-order valence-electron chi connectivity index (χ3n) is 26.0. The molecule has 1 unspecified atom stereocenters. The van der Waals surface area contributed by atoms with Crippen LogP contribution in [0.3, 0.4) is 0 Å². The lowest BCUT2D eigenvalue weighted by Gasteiger charge is -2.47. The first-order chi connectivity index (χ1) is 71.8. The molecule has 149 heavy (non-hydrogen) atoms. The third kappa shape index (κ3) is 33.9. The fourth-order valence-electron chi connectivity index (χ4n) is 18.8. The Labute approximate surface area is 881 Å². The van der Waals surface area contributed by atoms with Crippen LogP contribution >= 0.6 is 0 Å². The lowest BCUT2D eigenvalue weighted by molar-refractivity contribution is -0.188. The summed E-state index contributed by atoms with van der Waals surface area (Å²) in [5.74, 6) is -4.17. The molecule has 0 saturated carbocycles. The minimum Gasteiger partial charge on any atom is -0.458 e. The number of hydrogen-bond donors (Lipinski definition) is 0. The van der Waals surface area contributed by atoms with Gasteiger partial charge in [-0.05, 0) is 214 Å². The standard InChI is InChI=1S/4C31H35NO4.C4H8O/c4*1-31(2,3)36-30(34)28-26(35-21-13-16-23-14-7-4-8-15-23)22-32(28)29(33)27(24-17-9-5-10-18-24)25-19-11-6-12-20-25;1-2-4-5-3-1/h4*4-12,14-15,17-20,26-28H,13,16,21-22H2,1-3H3;1-4H2/t26-,28?;26-,28+;2*26-,28-;/m0110./s1. The summed E-state index contributed by atoms with van der Waals surface area (Å²) in [5.41, 5.74) is 9.53. The number of carbonyl (C=O) groups is 8. The highest BCUT2D eigenvalue weighted by Crippen LogP contribution is 2.40. The van der Waals surface area contributed by atoms with Gasteiger partial charge in [0.1, 0.15) is 46.8 Å². The van der Waals surface area contributed by atoms with E-state index in [1.165, 1.54) is 35.1 Å². The number of hydrogen-bond acceptors (Lipinski definition) is 17. The molecule has 0 radical (unpaired) electrons. The molecule has 0 aromatic heterocycles. The van der Waals surface area contributed by atoms with Gasteiger partial charge in [0.05, 0.1) is 49.9 Å². The van der Waals surface area contributed by atoms with Crippen LogP contribution in [0.15, 0.2) is 364 Å². The Hall–Kier alpha value is -13.8. The Morgan fingerprint density at radius 3 is 0.517 bits per heavy atom. The average Bonchev–Trinajstić information content (AvgIpc) is 1.10. The molecule has 5 heterocycles. The Morgan fingerprint density at radius 2 is 0.383 bits per heavy atom. The summed E-state index contributed by atoms with van der Waals surface area (Å²) in [6.45, 7) is 27.5. The molecule has 12 aromatic carbocycles. The quantitative estimate of drug-likeness (QED) is 0.0202. The largest absolute Gasteiger partial charge is 0.458 e. The predicted octanol–water partition coefficient (Wildman–Crippen LogP) is 22.4. The first kappa shape index (κ1) is 112. The number of nitrogens with zero attached hydrogens (tertiary/aromatic N) is 4. The molecule has 0 N–H and O–H groups in total. The topological polar surface area (TPSA) is 233 Å². The summed E-state index contributed by atoms with van der Waals surface area (Å²) in [4.78, 5) is 115. The molecule has 21 nitrogen and oxygen atoms in total. The Balaban J connectivity index is 0.000000163. The van der Waals surface area contributed by atoms with Gasteiger partial charge in [0.2, 0.25) is 23.6 Å². The number of likely N-dealkylation sites (tertiary alicyclic amines) is 4. The predicted molar refractivity (Wildman–Crippen MR) is 582 cm³/mol. The van der Waals surface area contributed by atoms with E-state index < -0.39 is 94.1 Å². The first-order valence-corrected chi connectivity index (χ1v) is 52.6. The van der Waals surface area contributed by atoms with Gasteiger partial charge in [0.25, 0.3) is 0 Å². The van der Waals surface area contributed by atoms with Crippen LogP contribution in [0.1, 0.15) is 212 Å². The molecule has 8 atom stereocenters. The van der Waals surface area contributed by atoms with E-state index in [0.29, 0.717) is 52.6 Å². The Kier molecular flexibility index (Phi) is 41.8. The summed E-state index contributed by atoms with van der Waals surface area (Å²) in [7, 11) is 0. The minimum atomic E-state index is -0.761. The molecule has 782 valence electrons. The number of esters is 4. The van der Waals surface area contributed by atoms with Crippen LogP contribution in [0.4, 0.5) is 0 Å². The molecular weight excluding hydrogens is 1870 g/mol. The molecular formula is C128H148N4O17. The van der Waals surface area contributed by atoms with Crippen LogP contribution in [0.5, 0.6) is 0 Å². The summed E-state index contributed by atoms with van der Waals surface area (Å²) in [6.07, 6.45) is 7.98. The van der Waals surface area contributed by atoms with Crippen molar-refractivity contribution in [2.24, 2.45) is 0 Å². The van der Waals surface area contributed by atoms with E-state index in [9.17, 15) is 38.4 Å². The van der Waals surface area contributed by atoms with Gasteiger partial charge in [-0.25, -0.2) is 19.2 Å². The van der Waals surface area contributed by atoms with Crippen molar-refractivity contribution in [2.45, 2.75) is 242 Å². The summed E-state index contributed by atoms with van der Waals surface area (Å²) in [5, 5.41) is 0. The molecule has 4 amide bonds. The van der Waals surface area contributed by atoms with Gasteiger partial charge in [-0.2, -0.15) is 0 Å². The summed E-state index contributed by atoms with van der Waals surface area (Å²) >= 11 is 0. The van der Waals surface area contributed by atoms with Gasteiger partial charge < -0.3 is 62.2 Å². The SMILES string of the molecule is C1CCOC1.CC(C)(C)OC(=O)C1[C@@H](OCCCc2ccccc2)CN1C(=O)C(c1ccccc1)c1ccccc1.CC(C)(C)OC(=O)[C@@H]1[C@@H](OCCCc2ccccc2)CN1C(=O)C(c1ccccc1)c1ccccc1.CC(C)(C)OC(=O)[C@@H]1[C@H](OCCCc2ccccc2)CN1C(=O)C(c1ccccc1)c1ccccc1.CC(C)(C)OC(=O)[C@H]1[C@H](OCCCc2ccccc2)CN1C(=O)C(c1ccccc1)c1ccccc1. The number of carbonyl (C=O) groups excluding carboxylic acids is 8. The number of benzene rings is 12. The number of rotatable bonds is 36. The molecule has 5 saturated heterocycles. The number of amides is 4. The smallest absolute Gasteiger partial charge is 0.332 e. The van der Waals surface area contributed by atoms with E-state index in [1.807, 2.05) is 399 Å². The van der Waals surface area contributed by atoms with Crippen molar-refractivity contribution < 1.29 is 81.0 Å². The molecule has 5 fully saturated rings. The Morgan fingerprint density at radius 1 is 0.235 bits per heavy atom. The fourth-order valence-corrected chi connectivity index (χ4v) is 18.8. The lowest BCUT2D eigenvalue weighted by Crippen LogP contribution is -2.68. The Bertz CT molecular complexity index is 5170. The van der Waals surface area contributed by atoms with Crippen LogP contribution in [0.25, 0.3) is 0 Å². The van der Waals surface area contributed by atoms with E-state index >= 15 is 0 Å². The summed E-state index contributed by atoms with van der Waals surface area (Å²) in [6, 6.07) is 116. The van der Waals surface area contributed by atoms with Gasteiger partial charge in [-0.1, -0.05) is 364 Å². The second kappa shape index (κ2) is 55.5. The van der Waals surface area contributed by atoms with Crippen LogP contribution in [-0.2, 0) is 107 Å². The highest BCUT2D eigenvalue weighted by molar-refractivity contribution is 5.96. The van der Waals surface area contributed by atoms with Crippen LogP contribution in [0, 0.1) is 0 Å². The second-order valence-electron chi connectivity index (χ2n) is 42.2. The van der Waals surface area contributed by atoms with Crippen LogP contribution in [0.2, 0.25) is 0 Å². The van der Waals surface area contributed by atoms with Gasteiger partial charge in [0.15, 0.2) is 24.2 Å². The van der Waals surface area contributed by atoms with Crippen molar-refractivity contribution in [1.29, 1.82) is 0 Å². The van der Waals surface area contributed by atoms with Crippen LogP contribution < -0.4 is 0 Å². The normalized spacial score (nSPS) is 17.7. The van der Waals surface area contributed by atoms with Crippen molar-refractivity contribution in [1.82, 2.24) is 19.6 Å². The summed E-state index contributed by atoms with van der Waals surface area (Å²) < 4.78 is 52.3. The van der Waals surface area contributed by atoms with E-state index in [2.05, 4.69) is 48.5 Å². The van der Waals surface area contributed by atoms with Crippen molar-refractivity contribution >= 4 is 47.5 Å². The molecule has 12 aromatic rings. The molecule has 21 heteroatoms. The average molecular weight is 2010 g/mol. The zero-order valence-electron chi connectivity index (χ0n) is 88.4. The van der Waals surface area contributed by atoms with Crippen molar-refractivity contribution in [2.75, 3.05) is 65.8 Å².